The molecule has 1 aromatic rings. The van der Waals surface area contributed by atoms with Crippen molar-refractivity contribution in [3.63, 3.8) is 0 Å². The number of ether oxygens (including phenoxy) is 1. The first-order chi connectivity index (χ1) is 8.11. The molecule has 1 heterocycles. The summed E-state index contributed by atoms with van der Waals surface area (Å²) in [6.45, 7) is 2.40. The summed E-state index contributed by atoms with van der Waals surface area (Å²) in [5.41, 5.74) is 0. The van der Waals surface area contributed by atoms with Crippen LogP contribution in [-0.2, 0) is 11.3 Å². The van der Waals surface area contributed by atoms with Crippen LogP contribution in [0.3, 0.4) is 0 Å². The molecule has 0 aromatic carbocycles. The standard InChI is InChI=1S/C11H20N4OS/c1-15(2)6-4-5-12-9-7-11(17)14-10(13-9)8-16-3/h7H,4-6,8H2,1-3H3,(H2,12,13,14,17). The van der Waals surface area contributed by atoms with Gasteiger partial charge < -0.3 is 19.9 Å². The Morgan fingerprint density at radius 1 is 1.53 bits per heavy atom. The largest absolute Gasteiger partial charge is 0.377 e. The van der Waals surface area contributed by atoms with Crippen molar-refractivity contribution in [2.75, 3.05) is 39.6 Å². The van der Waals surface area contributed by atoms with Crippen LogP contribution in [0.1, 0.15) is 12.2 Å². The number of hydrogen-bond donors (Lipinski definition) is 2. The van der Waals surface area contributed by atoms with Crippen LogP contribution in [0.5, 0.6) is 0 Å². The Morgan fingerprint density at radius 2 is 2.29 bits per heavy atom. The van der Waals surface area contributed by atoms with E-state index in [1.807, 2.05) is 6.07 Å². The number of nitrogens with zero attached hydrogens (tertiary/aromatic N) is 2. The highest BCUT2D eigenvalue weighted by atomic mass is 32.1. The van der Waals surface area contributed by atoms with Crippen molar-refractivity contribution >= 4 is 18.0 Å². The summed E-state index contributed by atoms with van der Waals surface area (Å²) >= 11 is 5.09. The molecule has 0 aliphatic rings. The summed E-state index contributed by atoms with van der Waals surface area (Å²) in [4.78, 5) is 9.47. The number of hydrogen-bond acceptors (Lipinski definition) is 5. The highest BCUT2D eigenvalue weighted by molar-refractivity contribution is 7.71. The van der Waals surface area contributed by atoms with Crippen LogP contribution in [0, 0.1) is 4.64 Å². The highest BCUT2D eigenvalue weighted by Gasteiger charge is 1.98. The Morgan fingerprint density at radius 3 is 2.94 bits per heavy atom. The van der Waals surface area contributed by atoms with E-state index in [0.29, 0.717) is 11.2 Å². The van der Waals surface area contributed by atoms with Crippen molar-refractivity contribution < 1.29 is 4.74 Å². The van der Waals surface area contributed by atoms with E-state index in [-0.39, 0.29) is 0 Å². The Labute approximate surface area is 107 Å². The molecule has 0 unspecified atom stereocenters. The van der Waals surface area contributed by atoms with E-state index in [2.05, 4.69) is 34.3 Å². The first-order valence-electron chi connectivity index (χ1n) is 5.59. The summed E-state index contributed by atoms with van der Waals surface area (Å²) in [7, 11) is 5.77. The smallest absolute Gasteiger partial charge is 0.135 e. The van der Waals surface area contributed by atoms with Crippen molar-refractivity contribution in [2.45, 2.75) is 13.0 Å². The molecule has 0 aliphatic heterocycles. The second-order valence-electron chi connectivity index (χ2n) is 4.10. The maximum absolute atomic E-state index is 5.09. The van der Waals surface area contributed by atoms with Gasteiger partial charge in [0.05, 0.1) is 0 Å². The van der Waals surface area contributed by atoms with Gasteiger partial charge in [0.2, 0.25) is 0 Å². The molecule has 0 atom stereocenters. The Bertz CT molecular complexity index is 391. The predicted octanol–water partition coefficient (Wildman–Crippen LogP) is 1.65. The molecule has 5 nitrogen and oxygen atoms in total. The zero-order chi connectivity index (χ0) is 12.7. The first-order valence-corrected chi connectivity index (χ1v) is 6.00. The van der Waals surface area contributed by atoms with Gasteiger partial charge in [0.1, 0.15) is 22.9 Å². The molecule has 2 N–H and O–H groups in total. The minimum atomic E-state index is 0.441. The van der Waals surface area contributed by atoms with Gasteiger partial charge in [-0.2, -0.15) is 0 Å². The number of aromatic nitrogens is 2. The van der Waals surface area contributed by atoms with Gasteiger partial charge in [0.25, 0.3) is 0 Å². The van der Waals surface area contributed by atoms with E-state index in [1.54, 1.807) is 7.11 Å². The molecule has 6 heteroatoms. The van der Waals surface area contributed by atoms with Crippen LogP contribution in [0.2, 0.25) is 0 Å². The third kappa shape index (κ3) is 5.76. The minimum Gasteiger partial charge on any atom is -0.377 e. The topological polar surface area (TPSA) is 53.2 Å². The molecule has 1 rings (SSSR count). The van der Waals surface area contributed by atoms with Crippen LogP contribution < -0.4 is 5.32 Å². The third-order valence-corrected chi connectivity index (χ3v) is 2.38. The molecular formula is C11H20N4OS. The van der Waals surface area contributed by atoms with Crippen molar-refractivity contribution in [2.24, 2.45) is 0 Å². The van der Waals surface area contributed by atoms with Gasteiger partial charge in [0, 0.05) is 19.7 Å². The Hall–Kier alpha value is -0.980. The maximum Gasteiger partial charge on any atom is 0.135 e. The molecule has 0 amide bonds. The highest BCUT2D eigenvalue weighted by Crippen LogP contribution is 2.04. The van der Waals surface area contributed by atoms with Gasteiger partial charge in [-0.1, -0.05) is 12.2 Å². The zero-order valence-corrected chi connectivity index (χ0v) is 11.4. The fourth-order valence-electron chi connectivity index (χ4n) is 1.43. The van der Waals surface area contributed by atoms with E-state index in [4.69, 9.17) is 17.0 Å². The molecule has 1 aromatic heterocycles. The molecule has 0 radical (unpaired) electrons. The molecule has 96 valence electrons. The molecule has 0 aliphatic carbocycles. The first kappa shape index (κ1) is 14.1. The van der Waals surface area contributed by atoms with E-state index in [9.17, 15) is 0 Å². The summed E-state index contributed by atoms with van der Waals surface area (Å²) in [6.07, 6.45) is 1.08. The number of methoxy groups -OCH3 is 1. The molecule has 0 spiro atoms. The lowest BCUT2D eigenvalue weighted by Gasteiger charge is -2.11. The summed E-state index contributed by atoms with van der Waals surface area (Å²) in [5, 5.41) is 3.30. The minimum absolute atomic E-state index is 0.441. The molecule has 0 saturated heterocycles. The summed E-state index contributed by atoms with van der Waals surface area (Å²) < 4.78 is 5.60. The van der Waals surface area contributed by atoms with Crippen molar-refractivity contribution in [1.29, 1.82) is 0 Å². The molecular weight excluding hydrogens is 236 g/mol. The second-order valence-corrected chi connectivity index (χ2v) is 4.51. The van der Waals surface area contributed by atoms with Crippen molar-refractivity contribution in [1.82, 2.24) is 14.9 Å². The zero-order valence-electron chi connectivity index (χ0n) is 10.6. The third-order valence-electron chi connectivity index (χ3n) is 2.17. The fraction of sp³-hybridized carbons (Fsp3) is 0.636. The van der Waals surface area contributed by atoms with Gasteiger partial charge in [-0.05, 0) is 27.1 Å². The van der Waals surface area contributed by atoms with Crippen LogP contribution in [-0.4, -0.2) is 49.2 Å². The number of nitrogens with one attached hydrogen (secondary N) is 2. The lowest BCUT2D eigenvalue weighted by molar-refractivity contribution is 0.178. The average Bonchev–Trinajstić information content (AvgIpc) is 2.24. The maximum atomic E-state index is 5.09. The summed E-state index contributed by atoms with van der Waals surface area (Å²) in [5.74, 6) is 1.64. The van der Waals surface area contributed by atoms with E-state index >= 15 is 0 Å². The summed E-state index contributed by atoms with van der Waals surface area (Å²) in [6, 6.07) is 1.82. The Kier molecular flexibility index (Phi) is 6.10. The monoisotopic (exact) mass is 256 g/mol. The van der Waals surface area contributed by atoms with Gasteiger partial charge in [-0.15, -0.1) is 0 Å². The van der Waals surface area contributed by atoms with Gasteiger partial charge >= 0.3 is 0 Å². The van der Waals surface area contributed by atoms with Crippen LogP contribution >= 0.6 is 12.2 Å². The van der Waals surface area contributed by atoms with Gasteiger partial charge in [-0.3, -0.25) is 0 Å². The lowest BCUT2D eigenvalue weighted by Crippen LogP contribution is -2.16. The quantitative estimate of drug-likeness (QED) is 0.574. The molecule has 0 fully saturated rings. The van der Waals surface area contributed by atoms with Crippen LogP contribution in [0.4, 0.5) is 5.82 Å². The molecule has 0 saturated carbocycles. The normalized spacial score (nSPS) is 10.8. The number of aromatic amines is 1. The number of rotatable bonds is 7. The number of H-pyrrole nitrogens is 1. The Balaban J connectivity index is 2.50. The van der Waals surface area contributed by atoms with Gasteiger partial charge in [0.15, 0.2) is 0 Å². The lowest BCUT2D eigenvalue weighted by atomic mass is 10.4. The van der Waals surface area contributed by atoms with E-state index in [1.165, 1.54) is 0 Å². The fourth-order valence-corrected chi connectivity index (χ4v) is 1.65. The predicted molar refractivity (Wildman–Crippen MR) is 71.8 cm³/mol. The average molecular weight is 256 g/mol. The van der Waals surface area contributed by atoms with Crippen LogP contribution in [0.25, 0.3) is 0 Å². The SMILES string of the molecule is COCc1nc(=S)cc(NCCCN(C)C)[nH]1. The second kappa shape index (κ2) is 7.37. The van der Waals surface area contributed by atoms with Crippen molar-refractivity contribution in [3.05, 3.63) is 16.5 Å². The van der Waals surface area contributed by atoms with Crippen LogP contribution in [0.15, 0.2) is 6.07 Å². The van der Waals surface area contributed by atoms with Crippen molar-refractivity contribution in [3.8, 4) is 0 Å². The van der Waals surface area contributed by atoms with E-state index < -0.39 is 0 Å². The number of anilines is 1. The molecule has 0 bridgehead atoms. The van der Waals surface area contributed by atoms with E-state index in [0.717, 1.165) is 31.2 Å². The molecule has 17 heavy (non-hydrogen) atoms. The van der Waals surface area contributed by atoms with Gasteiger partial charge in [-0.25, -0.2) is 4.98 Å².